The van der Waals surface area contributed by atoms with Crippen LogP contribution in [0.15, 0.2) is 39.2 Å². The standard InChI is InChI=1S/C15H11N3O2S/c1-9-2-4-10(5-3-9)11-8-21-13-12(11)14(19)18(7-6-16)15(20)17-13/h2-5,8H,7H2,1H3,(H,17,20). The van der Waals surface area contributed by atoms with Crippen molar-refractivity contribution in [2.75, 3.05) is 0 Å². The van der Waals surface area contributed by atoms with Crippen molar-refractivity contribution in [3.63, 3.8) is 0 Å². The van der Waals surface area contributed by atoms with Crippen molar-refractivity contribution in [2.45, 2.75) is 13.5 Å². The van der Waals surface area contributed by atoms with Crippen LogP contribution in [0.5, 0.6) is 0 Å². The largest absolute Gasteiger partial charge is 0.330 e. The molecule has 2 heterocycles. The third-order valence-electron chi connectivity index (χ3n) is 3.31. The van der Waals surface area contributed by atoms with E-state index in [1.165, 1.54) is 11.3 Å². The number of nitrogens with zero attached hydrogens (tertiary/aromatic N) is 2. The quantitative estimate of drug-likeness (QED) is 0.788. The minimum Gasteiger partial charge on any atom is -0.298 e. The highest BCUT2D eigenvalue weighted by Gasteiger charge is 2.14. The van der Waals surface area contributed by atoms with Crippen LogP contribution in [0.25, 0.3) is 21.3 Å². The van der Waals surface area contributed by atoms with Crippen LogP contribution in [0.1, 0.15) is 5.56 Å². The molecule has 0 spiro atoms. The fourth-order valence-electron chi connectivity index (χ4n) is 2.21. The molecule has 0 bridgehead atoms. The van der Waals surface area contributed by atoms with Crippen LogP contribution < -0.4 is 11.2 Å². The van der Waals surface area contributed by atoms with E-state index in [4.69, 9.17) is 5.26 Å². The third-order valence-corrected chi connectivity index (χ3v) is 4.20. The van der Waals surface area contributed by atoms with Gasteiger partial charge in [0.15, 0.2) is 0 Å². The molecule has 21 heavy (non-hydrogen) atoms. The molecule has 0 saturated carbocycles. The van der Waals surface area contributed by atoms with Gasteiger partial charge < -0.3 is 0 Å². The molecule has 0 atom stereocenters. The van der Waals surface area contributed by atoms with E-state index in [0.717, 1.165) is 21.3 Å². The van der Waals surface area contributed by atoms with Crippen molar-refractivity contribution in [1.29, 1.82) is 5.26 Å². The molecule has 1 N–H and O–H groups in total. The first-order valence-corrected chi connectivity index (χ1v) is 7.18. The van der Waals surface area contributed by atoms with Gasteiger partial charge >= 0.3 is 5.69 Å². The second kappa shape index (κ2) is 5.04. The fraction of sp³-hybridized carbons (Fsp3) is 0.133. The Kier molecular flexibility index (Phi) is 3.20. The summed E-state index contributed by atoms with van der Waals surface area (Å²) in [6.07, 6.45) is 0. The molecule has 0 unspecified atom stereocenters. The molecule has 0 fully saturated rings. The third kappa shape index (κ3) is 2.18. The smallest absolute Gasteiger partial charge is 0.298 e. The van der Waals surface area contributed by atoms with Crippen LogP contribution in [0.2, 0.25) is 0 Å². The van der Waals surface area contributed by atoms with Crippen LogP contribution in [-0.4, -0.2) is 9.55 Å². The fourth-order valence-corrected chi connectivity index (χ4v) is 3.16. The molecule has 2 aromatic heterocycles. The summed E-state index contributed by atoms with van der Waals surface area (Å²) in [4.78, 5) is 27.5. The van der Waals surface area contributed by atoms with Gasteiger partial charge in [0.25, 0.3) is 5.56 Å². The van der Waals surface area contributed by atoms with Gasteiger partial charge in [-0.3, -0.25) is 9.78 Å². The van der Waals surface area contributed by atoms with Crippen molar-refractivity contribution < 1.29 is 0 Å². The summed E-state index contributed by atoms with van der Waals surface area (Å²) in [7, 11) is 0. The van der Waals surface area contributed by atoms with E-state index in [1.54, 1.807) is 0 Å². The number of hydrogen-bond acceptors (Lipinski definition) is 4. The molecular weight excluding hydrogens is 286 g/mol. The minimum absolute atomic E-state index is 0.257. The Morgan fingerprint density at radius 2 is 2.00 bits per heavy atom. The summed E-state index contributed by atoms with van der Waals surface area (Å²) >= 11 is 1.32. The van der Waals surface area contributed by atoms with Crippen LogP contribution >= 0.6 is 11.3 Å². The number of aromatic amines is 1. The molecule has 6 heteroatoms. The van der Waals surface area contributed by atoms with Crippen LogP contribution in [-0.2, 0) is 6.54 Å². The highest BCUT2D eigenvalue weighted by atomic mass is 32.1. The Balaban J connectivity index is 2.34. The molecule has 5 nitrogen and oxygen atoms in total. The van der Waals surface area contributed by atoms with E-state index in [-0.39, 0.29) is 6.54 Å². The molecule has 0 aliphatic heterocycles. The van der Waals surface area contributed by atoms with Crippen LogP contribution in [0.4, 0.5) is 0 Å². The van der Waals surface area contributed by atoms with Gasteiger partial charge in [-0.2, -0.15) is 5.26 Å². The van der Waals surface area contributed by atoms with E-state index in [1.807, 2.05) is 42.6 Å². The average Bonchev–Trinajstić information content (AvgIpc) is 2.88. The maximum atomic E-state index is 12.5. The number of H-pyrrole nitrogens is 1. The number of benzene rings is 1. The zero-order valence-corrected chi connectivity index (χ0v) is 12.0. The molecular formula is C15H11N3O2S. The van der Waals surface area contributed by atoms with Gasteiger partial charge in [-0.15, -0.1) is 11.3 Å². The van der Waals surface area contributed by atoms with E-state index in [2.05, 4.69) is 4.98 Å². The lowest BCUT2D eigenvalue weighted by atomic mass is 10.1. The number of aromatic nitrogens is 2. The first-order chi connectivity index (χ1) is 10.1. The average molecular weight is 297 g/mol. The summed E-state index contributed by atoms with van der Waals surface area (Å²) < 4.78 is 0.923. The zero-order valence-electron chi connectivity index (χ0n) is 11.2. The lowest BCUT2D eigenvalue weighted by Crippen LogP contribution is -2.34. The summed E-state index contributed by atoms with van der Waals surface area (Å²) in [5.74, 6) is 0. The van der Waals surface area contributed by atoms with Crippen molar-refractivity contribution in [3.05, 3.63) is 56.0 Å². The molecule has 0 radical (unpaired) electrons. The van der Waals surface area contributed by atoms with Crippen LogP contribution in [0.3, 0.4) is 0 Å². The lowest BCUT2D eigenvalue weighted by Gasteiger charge is -2.02. The monoisotopic (exact) mass is 297 g/mol. The highest BCUT2D eigenvalue weighted by Crippen LogP contribution is 2.30. The van der Waals surface area contributed by atoms with E-state index in [9.17, 15) is 9.59 Å². The molecule has 1 aromatic carbocycles. The van der Waals surface area contributed by atoms with E-state index in [0.29, 0.717) is 10.2 Å². The first kappa shape index (κ1) is 13.3. The van der Waals surface area contributed by atoms with E-state index < -0.39 is 11.2 Å². The minimum atomic E-state index is -0.550. The summed E-state index contributed by atoms with van der Waals surface area (Å²) in [6.45, 7) is 1.74. The summed E-state index contributed by atoms with van der Waals surface area (Å²) in [5.41, 5.74) is 1.86. The zero-order chi connectivity index (χ0) is 15.0. The number of aryl methyl sites for hydroxylation is 1. The van der Waals surface area contributed by atoms with Gasteiger partial charge in [0.1, 0.15) is 11.4 Å². The topological polar surface area (TPSA) is 78.7 Å². The summed E-state index contributed by atoms with van der Waals surface area (Å²) in [6, 6.07) is 9.66. The van der Waals surface area contributed by atoms with Crippen molar-refractivity contribution in [2.24, 2.45) is 0 Å². The van der Waals surface area contributed by atoms with E-state index >= 15 is 0 Å². The predicted octanol–water partition coefficient (Wildman–Crippen LogP) is 2.25. The molecule has 3 rings (SSSR count). The Morgan fingerprint density at radius 1 is 1.29 bits per heavy atom. The normalized spacial score (nSPS) is 10.7. The first-order valence-electron chi connectivity index (χ1n) is 6.30. The number of hydrogen-bond donors (Lipinski definition) is 1. The van der Waals surface area contributed by atoms with Gasteiger partial charge in [-0.1, -0.05) is 29.8 Å². The molecule has 0 aliphatic rings. The molecule has 0 saturated heterocycles. The maximum absolute atomic E-state index is 12.5. The molecule has 3 aromatic rings. The van der Waals surface area contributed by atoms with Gasteiger partial charge in [0, 0.05) is 10.9 Å². The molecule has 0 aliphatic carbocycles. The molecule has 104 valence electrons. The SMILES string of the molecule is Cc1ccc(-c2csc3[nH]c(=O)n(CC#N)c(=O)c23)cc1. The lowest BCUT2D eigenvalue weighted by molar-refractivity contribution is 0.737. The Labute approximate surface area is 123 Å². The second-order valence-electron chi connectivity index (χ2n) is 4.70. The Bertz CT molecular complexity index is 971. The van der Waals surface area contributed by atoms with Gasteiger partial charge in [0.2, 0.25) is 0 Å². The van der Waals surface area contributed by atoms with Crippen molar-refractivity contribution in [1.82, 2.24) is 9.55 Å². The second-order valence-corrected chi connectivity index (χ2v) is 5.58. The predicted molar refractivity (Wildman–Crippen MR) is 82.5 cm³/mol. The number of fused-ring (bicyclic) bond motifs is 1. The van der Waals surface area contributed by atoms with Gasteiger partial charge in [0.05, 0.1) is 11.5 Å². The Hall–Kier alpha value is -2.65. The van der Waals surface area contributed by atoms with Crippen molar-refractivity contribution in [3.8, 4) is 17.2 Å². The van der Waals surface area contributed by atoms with Crippen LogP contribution in [0, 0.1) is 18.3 Å². The molecule has 0 amide bonds. The number of nitriles is 1. The maximum Gasteiger partial charge on any atom is 0.330 e. The summed E-state index contributed by atoms with van der Waals surface area (Å²) in [5, 5.41) is 11.1. The van der Waals surface area contributed by atoms with Crippen molar-refractivity contribution >= 4 is 21.6 Å². The highest BCUT2D eigenvalue weighted by molar-refractivity contribution is 7.17. The number of thiophene rings is 1. The Morgan fingerprint density at radius 3 is 2.67 bits per heavy atom. The van der Waals surface area contributed by atoms with Gasteiger partial charge in [-0.05, 0) is 12.5 Å². The number of nitrogens with one attached hydrogen (secondary N) is 1. The van der Waals surface area contributed by atoms with Gasteiger partial charge in [-0.25, -0.2) is 9.36 Å². The number of rotatable bonds is 2.